The van der Waals surface area contributed by atoms with Gasteiger partial charge in [-0.15, -0.1) is 0 Å². The molecule has 1 fully saturated rings. The number of aryl methyl sites for hydroxylation is 1. The number of hydrogen-bond donors (Lipinski definition) is 0. The van der Waals surface area contributed by atoms with Crippen molar-refractivity contribution in [1.29, 1.82) is 0 Å². The van der Waals surface area contributed by atoms with E-state index < -0.39 is 11.9 Å². The molecule has 0 spiro atoms. The smallest absolute Gasteiger partial charge is 0.433 e. The molecule has 1 saturated heterocycles. The lowest BCUT2D eigenvalue weighted by atomic mass is 9.94. The first-order valence-corrected chi connectivity index (χ1v) is 10.8. The Labute approximate surface area is 190 Å². The van der Waals surface area contributed by atoms with Crippen molar-refractivity contribution in [2.24, 2.45) is 7.05 Å². The molecule has 0 bridgehead atoms. The number of rotatable bonds is 7. The van der Waals surface area contributed by atoms with E-state index in [2.05, 4.69) is 10.1 Å². The Morgan fingerprint density at radius 3 is 2.64 bits per heavy atom. The van der Waals surface area contributed by atoms with Gasteiger partial charge in [0.2, 0.25) is 0 Å². The van der Waals surface area contributed by atoms with Gasteiger partial charge in [-0.25, -0.2) is 4.98 Å². The Balaban J connectivity index is 1.33. The summed E-state index contributed by atoms with van der Waals surface area (Å²) in [6, 6.07) is 11.5. The number of ketones is 1. The van der Waals surface area contributed by atoms with Gasteiger partial charge in [0.1, 0.15) is 23.4 Å². The molecule has 9 heteroatoms. The number of halogens is 3. The topological polar surface area (TPSA) is 60.3 Å². The van der Waals surface area contributed by atoms with E-state index in [1.165, 1.54) is 6.07 Å². The van der Waals surface area contributed by atoms with Crippen LogP contribution in [-0.2, 0) is 13.2 Å². The number of anilines is 1. The zero-order chi connectivity index (χ0) is 23.6. The Hall–Kier alpha value is -3.36. The van der Waals surface area contributed by atoms with Crippen LogP contribution in [0.1, 0.15) is 47.3 Å². The maximum atomic E-state index is 12.9. The third-order valence-corrected chi connectivity index (χ3v) is 5.76. The van der Waals surface area contributed by atoms with Crippen LogP contribution < -0.4 is 9.64 Å². The molecule has 1 aliphatic rings. The van der Waals surface area contributed by atoms with Gasteiger partial charge in [-0.05, 0) is 35.7 Å². The van der Waals surface area contributed by atoms with Crippen LogP contribution in [0.5, 0.6) is 5.75 Å². The Morgan fingerprint density at radius 2 is 1.97 bits per heavy atom. The highest BCUT2D eigenvalue weighted by atomic mass is 19.4. The van der Waals surface area contributed by atoms with Crippen molar-refractivity contribution in [3.8, 4) is 5.75 Å². The molecule has 33 heavy (non-hydrogen) atoms. The highest BCUT2D eigenvalue weighted by Crippen LogP contribution is 2.30. The van der Waals surface area contributed by atoms with Gasteiger partial charge in [0.25, 0.3) is 0 Å². The van der Waals surface area contributed by atoms with Crippen LogP contribution in [0.3, 0.4) is 0 Å². The molecule has 1 aromatic carbocycles. The van der Waals surface area contributed by atoms with E-state index in [4.69, 9.17) is 4.74 Å². The predicted molar refractivity (Wildman–Crippen MR) is 117 cm³/mol. The second-order valence-electron chi connectivity index (χ2n) is 8.35. The summed E-state index contributed by atoms with van der Waals surface area (Å²) in [5.74, 6) is 1.08. The average Bonchev–Trinajstić information content (AvgIpc) is 3.43. The molecule has 0 amide bonds. The standard InChI is InChI=1S/C24H25F3N4O2/c1-16(12-21(32)18-13-28-30(2)14-18)17-6-8-19(9-7-17)33-20-10-11-31(15-20)23-5-3-4-22(29-23)24(25,26)27/h3-9,13-14,16,20H,10-12,15H2,1-2H3/t16-,20?/m1/s1. The van der Waals surface area contributed by atoms with Gasteiger partial charge < -0.3 is 9.64 Å². The Morgan fingerprint density at radius 1 is 1.21 bits per heavy atom. The summed E-state index contributed by atoms with van der Waals surface area (Å²) in [5, 5.41) is 4.04. The zero-order valence-electron chi connectivity index (χ0n) is 18.4. The predicted octanol–water partition coefficient (Wildman–Crippen LogP) is 4.87. The summed E-state index contributed by atoms with van der Waals surface area (Å²) in [6.45, 7) is 3.04. The maximum Gasteiger partial charge on any atom is 0.433 e. The van der Waals surface area contributed by atoms with Crippen molar-refractivity contribution in [3.05, 3.63) is 71.7 Å². The van der Waals surface area contributed by atoms with Crippen LogP contribution in [0.15, 0.2) is 54.9 Å². The molecule has 3 aromatic rings. The van der Waals surface area contributed by atoms with E-state index in [-0.39, 0.29) is 17.8 Å². The van der Waals surface area contributed by atoms with Crippen LogP contribution in [0.25, 0.3) is 0 Å². The summed E-state index contributed by atoms with van der Waals surface area (Å²) < 4.78 is 46.5. The third-order valence-electron chi connectivity index (χ3n) is 5.76. The highest BCUT2D eigenvalue weighted by molar-refractivity contribution is 5.96. The van der Waals surface area contributed by atoms with E-state index >= 15 is 0 Å². The Bertz CT molecular complexity index is 1110. The van der Waals surface area contributed by atoms with Gasteiger partial charge in [0.05, 0.1) is 18.3 Å². The summed E-state index contributed by atoms with van der Waals surface area (Å²) in [4.78, 5) is 18.0. The molecule has 2 atom stereocenters. The zero-order valence-corrected chi connectivity index (χ0v) is 18.4. The quantitative estimate of drug-likeness (QED) is 0.473. The number of hydrogen-bond acceptors (Lipinski definition) is 5. The lowest BCUT2D eigenvalue weighted by Crippen LogP contribution is -2.25. The molecular formula is C24H25F3N4O2. The summed E-state index contributed by atoms with van der Waals surface area (Å²) >= 11 is 0. The molecule has 3 heterocycles. The van der Waals surface area contributed by atoms with Crippen molar-refractivity contribution >= 4 is 11.6 Å². The van der Waals surface area contributed by atoms with Crippen molar-refractivity contribution in [1.82, 2.24) is 14.8 Å². The molecule has 6 nitrogen and oxygen atoms in total. The van der Waals surface area contributed by atoms with Crippen LogP contribution >= 0.6 is 0 Å². The van der Waals surface area contributed by atoms with E-state index in [0.717, 1.165) is 11.6 Å². The largest absolute Gasteiger partial charge is 0.489 e. The van der Waals surface area contributed by atoms with Gasteiger partial charge in [-0.3, -0.25) is 9.48 Å². The van der Waals surface area contributed by atoms with Gasteiger partial charge in [0, 0.05) is 32.6 Å². The third kappa shape index (κ3) is 5.53. The Kier molecular flexibility index (Phi) is 6.40. The number of Topliss-reactive ketones (excluding diaryl/α,β-unsaturated/α-hetero) is 1. The first-order chi connectivity index (χ1) is 15.7. The molecule has 0 saturated carbocycles. The van der Waals surface area contributed by atoms with Crippen molar-refractivity contribution in [3.63, 3.8) is 0 Å². The number of carbonyl (C=O) groups is 1. The molecular weight excluding hydrogens is 433 g/mol. The van der Waals surface area contributed by atoms with Crippen molar-refractivity contribution in [2.75, 3.05) is 18.0 Å². The number of benzene rings is 1. The number of carbonyl (C=O) groups excluding carboxylic acids is 1. The minimum atomic E-state index is -4.47. The second kappa shape index (κ2) is 9.25. The van der Waals surface area contributed by atoms with Gasteiger partial charge in [-0.1, -0.05) is 25.1 Å². The van der Waals surface area contributed by atoms with Crippen LogP contribution in [0, 0.1) is 0 Å². The van der Waals surface area contributed by atoms with E-state index in [9.17, 15) is 18.0 Å². The molecule has 1 unspecified atom stereocenters. The van der Waals surface area contributed by atoms with Gasteiger partial charge >= 0.3 is 6.18 Å². The van der Waals surface area contributed by atoms with E-state index in [1.54, 1.807) is 35.1 Å². The lowest BCUT2D eigenvalue weighted by molar-refractivity contribution is -0.141. The van der Waals surface area contributed by atoms with Crippen molar-refractivity contribution in [2.45, 2.75) is 38.0 Å². The second-order valence-corrected chi connectivity index (χ2v) is 8.35. The fraction of sp³-hybridized carbons (Fsp3) is 0.375. The number of nitrogens with zero attached hydrogens (tertiary/aromatic N) is 4. The van der Waals surface area contributed by atoms with Crippen LogP contribution in [0.4, 0.5) is 19.0 Å². The maximum absolute atomic E-state index is 12.9. The summed E-state index contributed by atoms with van der Waals surface area (Å²) in [6.07, 6.45) is -0.245. The van der Waals surface area contributed by atoms with E-state index in [0.29, 0.717) is 43.1 Å². The fourth-order valence-electron chi connectivity index (χ4n) is 3.94. The summed E-state index contributed by atoms with van der Waals surface area (Å²) in [7, 11) is 1.78. The molecule has 2 aromatic heterocycles. The molecule has 0 radical (unpaired) electrons. The molecule has 174 valence electrons. The average molecular weight is 458 g/mol. The van der Waals surface area contributed by atoms with Crippen molar-refractivity contribution < 1.29 is 22.7 Å². The van der Waals surface area contributed by atoms with Gasteiger partial charge in [-0.2, -0.15) is 18.3 Å². The van der Waals surface area contributed by atoms with Crippen LogP contribution in [-0.4, -0.2) is 39.7 Å². The van der Waals surface area contributed by atoms with Gasteiger partial charge in [0.15, 0.2) is 5.78 Å². The monoisotopic (exact) mass is 458 g/mol. The first-order valence-electron chi connectivity index (χ1n) is 10.8. The number of aromatic nitrogens is 3. The number of ether oxygens (including phenoxy) is 1. The molecule has 0 aliphatic carbocycles. The fourth-order valence-corrected chi connectivity index (χ4v) is 3.94. The molecule has 1 aliphatic heterocycles. The number of alkyl halides is 3. The minimum Gasteiger partial charge on any atom is -0.489 e. The molecule has 0 N–H and O–H groups in total. The highest BCUT2D eigenvalue weighted by Gasteiger charge is 2.33. The van der Waals surface area contributed by atoms with Crippen LogP contribution in [0.2, 0.25) is 0 Å². The SMILES string of the molecule is C[C@H](CC(=O)c1cnn(C)c1)c1ccc(OC2CCN(c3cccc(C(F)(F)F)n3)C2)cc1. The molecule has 4 rings (SSSR count). The summed E-state index contributed by atoms with van der Waals surface area (Å²) in [5.41, 5.74) is 0.738. The minimum absolute atomic E-state index is 0.0423. The normalized spacial score (nSPS) is 17.2. The number of pyridine rings is 1. The van der Waals surface area contributed by atoms with E-state index in [1.807, 2.05) is 31.2 Å². The lowest BCUT2D eigenvalue weighted by Gasteiger charge is -2.19. The first kappa shape index (κ1) is 22.8.